The largest absolute Gasteiger partial charge is 0.491 e. The molecule has 23 heteroatoms. The van der Waals surface area contributed by atoms with Gasteiger partial charge in [0.1, 0.15) is 60.3 Å². The topological polar surface area (TPSA) is 246 Å². The van der Waals surface area contributed by atoms with Gasteiger partial charge in [-0.15, -0.1) is 0 Å². The second kappa shape index (κ2) is 30.1. The Morgan fingerprint density at radius 1 is 0.587 bits per heavy atom. The first kappa shape index (κ1) is 72.0. The lowest BCUT2D eigenvalue weighted by molar-refractivity contribution is -0.155. The molecular formula is C69H93N5O17S. The van der Waals surface area contributed by atoms with Crippen molar-refractivity contribution in [3.05, 3.63) is 123 Å². The summed E-state index contributed by atoms with van der Waals surface area (Å²) in [7, 11) is -4.04. The van der Waals surface area contributed by atoms with Gasteiger partial charge in [0, 0.05) is 36.4 Å². The van der Waals surface area contributed by atoms with Gasteiger partial charge in [0.05, 0.1) is 74.5 Å². The highest BCUT2D eigenvalue weighted by Gasteiger charge is 2.39. The van der Waals surface area contributed by atoms with Crippen molar-refractivity contribution in [3.63, 3.8) is 0 Å². The highest BCUT2D eigenvalue weighted by molar-refractivity contribution is 7.89. The smallest absolute Gasteiger partial charge is 0.419 e. The van der Waals surface area contributed by atoms with Crippen molar-refractivity contribution in [1.82, 2.24) is 13.8 Å². The molecule has 2 aliphatic heterocycles. The first-order chi connectivity index (χ1) is 43.0. The molecular weight excluding hydrogens is 1200 g/mol. The molecule has 2 aliphatic rings. The number of amides is 3. The number of nitrogens with one attached hydrogen (secondary N) is 1. The molecule has 0 aliphatic carbocycles. The van der Waals surface area contributed by atoms with Gasteiger partial charge in [0.15, 0.2) is 0 Å². The van der Waals surface area contributed by atoms with Gasteiger partial charge in [-0.2, -0.15) is 4.31 Å². The molecule has 1 aromatic heterocycles. The summed E-state index contributed by atoms with van der Waals surface area (Å²) in [4.78, 5) is 83.5. The molecule has 3 amide bonds. The molecule has 0 unspecified atom stereocenters. The fourth-order valence-corrected chi connectivity index (χ4v) is 11.9. The van der Waals surface area contributed by atoms with E-state index in [9.17, 15) is 37.2 Å². The molecule has 0 atom stereocenters. The summed E-state index contributed by atoms with van der Waals surface area (Å²) in [5.74, 6) is -0.550. The molecule has 1 fully saturated rings. The van der Waals surface area contributed by atoms with Crippen LogP contribution < -0.4 is 25.1 Å². The van der Waals surface area contributed by atoms with E-state index in [4.69, 9.17) is 42.6 Å². The van der Waals surface area contributed by atoms with E-state index >= 15 is 0 Å². The molecule has 4 aromatic carbocycles. The van der Waals surface area contributed by atoms with E-state index in [-0.39, 0.29) is 71.4 Å². The van der Waals surface area contributed by atoms with Gasteiger partial charge in [-0.1, -0.05) is 65.8 Å². The molecule has 0 bridgehead atoms. The van der Waals surface area contributed by atoms with Crippen LogP contribution in [-0.4, -0.2) is 161 Å². The Hall–Kier alpha value is -7.41. The van der Waals surface area contributed by atoms with Crippen molar-refractivity contribution in [2.45, 2.75) is 155 Å². The molecule has 0 saturated carbocycles. The van der Waals surface area contributed by atoms with Crippen LogP contribution in [0.1, 0.15) is 160 Å². The number of sulfonamides is 1. The lowest BCUT2D eigenvalue weighted by Gasteiger charge is -2.37. The zero-order valence-electron chi connectivity index (χ0n) is 56.1. The summed E-state index contributed by atoms with van der Waals surface area (Å²) >= 11 is 0. The van der Waals surface area contributed by atoms with Gasteiger partial charge in [-0.3, -0.25) is 28.6 Å². The van der Waals surface area contributed by atoms with Gasteiger partial charge in [0.25, 0.3) is 11.8 Å². The first-order valence-corrected chi connectivity index (χ1v) is 32.7. The Morgan fingerprint density at radius 2 is 1.12 bits per heavy atom. The Bertz CT molecular complexity index is 3600. The molecule has 1 N–H and O–H groups in total. The maximum atomic E-state index is 14.1. The number of pyridine rings is 1. The third-order valence-corrected chi connectivity index (χ3v) is 16.6. The maximum absolute atomic E-state index is 14.1. The number of rotatable bonds is 24. The van der Waals surface area contributed by atoms with Gasteiger partial charge >= 0.3 is 18.2 Å². The van der Waals surface area contributed by atoms with Crippen molar-refractivity contribution in [1.29, 1.82) is 0 Å². The minimum Gasteiger partial charge on any atom is -0.491 e. The Labute approximate surface area is 541 Å². The number of carbonyl (C=O) groups excluding carboxylic acids is 5. The number of carbonyl (C=O) groups is 5. The van der Waals surface area contributed by atoms with Gasteiger partial charge in [-0.05, 0) is 157 Å². The Kier molecular flexibility index (Phi) is 23.6. The van der Waals surface area contributed by atoms with Crippen molar-refractivity contribution < 1.29 is 75.0 Å². The van der Waals surface area contributed by atoms with Crippen LogP contribution in [0.5, 0.6) is 11.5 Å². The number of fused-ring (bicyclic) bond motifs is 2. The average Bonchev–Trinajstić information content (AvgIpc) is 0.777. The van der Waals surface area contributed by atoms with Gasteiger partial charge < -0.3 is 52.8 Å². The molecule has 502 valence electrons. The lowest BCUT2D eigenvalue weighted by atomic mass is 9.79. The van der Waals surface area contributed by atoms with E-state index in [1.165, 1.54) is 43.1 Å². The predicted octanol–water partition coefficient (Wildman–Crippen LogP) is 11.2. The number of ether oxygens (including phenoxy) is 9. The Morgan fingerprint density at radius 3 is 1.67 bits per heavy atom. The van der Waals surface area contributed by atoms with Crippen LogP contribution >= 0.6 is 0 Å². The molecule has 3 heterocycles. The minimum absolute atomic E-state index is 0.0505. The second-order valence-corrected chi connectivity index (χ2v) is 29.7. The van der Waals surface area contributed by atoms with Crippen LogP contribution in [0.4, 0.5) is 21.0 Å². The van der Waals surface area contributed by atoms with E-state index in [2.05, 4.69) is 26.1 Å². The average molecular weight is 1300 g/mol. The van der Waals surface area contributed by atoms with Crippen molar-refractivity contribution in [2.75, 3.05) is 103 Å². The number of esters is 1. The second-order valence-electron chi connectivity index (χ2n) is 27.8. The van der Waals surface area contributed by atoms with Crippen LogP contribution in [-0.2, 0) is 58.8 Å². The Balaban J connectivity index is 0.786. The summed E-state index contributed by atoms with van der Waals surface area (Å²) in [6.45, 7) is 30.9. The van der Waals surface area contributed by atoms with Crippen LogP contribution in [0.25, 0.3) is 10.9 Å². The summed E-state index contributed by atoms with van der Waals surface area (Å²) in [5, 5.41) is 3.18. The number of para-hydroxylation sites is 1. The summed E-state index contributed by atoms with van der Waals surface area (Å²) in [5.41, 5.74) is -0.280. The minimum atomic E-state index is -4.04. The number of aromatic nitrogens is 1. The lowest BCUT2D eigenvalue weighted by Crippen LogP contribution is -2.52. The van der Waals surface area contributed by atoms with Crippen LogP contribution in [0, 0.1) is 0 Å². The summed E-state index contributed by atoms with van der Waals surface area (Å²) in [6.07, 6.45) is 0.870. The third-order valence-electron chi connectivity index (χ3n) is 14.7. The molecule has 1 saturated heterocycles. The van der Waals surface area contributed by atoms with Crippen LogP contribution in [0.15, 0.2) is 94.7 Å². The molecule has 7 rings (SSSR count). The van der Waals surface area contributed by atoms with Crippen LogP contribution in [0.3, 0.4) is 0 Å². The van der Waals surface area contributed by atoms with Crippen molar-refractivity contribution >= 4 is 62.3 Å². The quantitative estimate of drug-likeness (QED) is 0.0343. The van der Waals surface area contributed by atoms with Gasteiger partial charge in [-0.25, -0.2) is 18.0 Å². The monoisotopic (exact) mass is 1300 g/mol. The molecule has 5 aromatic rings. The number of nitrogens with zero attached hydrogens (tertiary/aromatic N) is 4. The van der Waals surface area contributed by atoms with Crippen molar-refractivity contribution in [3.8, 4) is 11.5 Å². The predicted molar refractivity (Wildman–Crippen MR) is 350 cm³/mol. The highest BCUT2D eigenvalue weighted by atomic mass is 32.2. The normalized spacial score (nSPS) is 14.7. The van der Waals surface area contributed by atoms with Crippen molar-refractivity contribution in [2.24, 2.45) is 0 Å². The third kappa shape index (κ3) is 19.8. The van der Waals surface area contributed by atoms with E-state index in [0.29, 0.717) is 88.4 Å². The number of anilines is 2. The fourth-order valence-electron chi connectivity index (χ4n) is 10.4. The van der Waals surface area contributed by atoms with E-state index < -0.39 is 74.2 Å². The number of hydrogen-bond donors (Lipinski definition) is 1. The van der Waals surface area contributed by atoms with Crippen LogP contribution in [0.2, 0.25) is 0 Å². The zero-order valence-corrected chi connectivity index (χ0v) is 56.9. The highest BCUT2D eigenvalue weighted by Crippen LogP contribution is 2.41. The maximum Gasteiger partial charge on any atom is 0.419 e. The number of hydrogen-bond acceptors (Lipinski definition) is 17. The number of piperidine rings is 1. The fraction of sp³-hybridized carbons (Fsp3) is 0.536. The molecule has 22 nitrogen and oxygen atoms in total. The number of benzene rings is 4. The molecule has 92 heavy (non-hydrogen) atoms. The summed E-state index contributed by atoms with van der Waals surface area (Å²) < 4.78 is 82.7. The molecule has 0 radical (unpaired) electrons. The van der Waals surface area contributed by atoms with E-state index in [1.807, 2.05) is 51.1 Å². The zero-order chi connectivity index (χ0) is 67.6. The SMILES string of the molecule is CC(C)(C)OC(=O)CN1CN(C(=O)OC(C)(C)C)c2cc(S(=O)(=O)N3CCC(c4ccc(OCCOCCOCCOCCOCCOc5cc(NC(=O)c6cn(C(=O)OC(C)(C)C)c7ccccc7c6=O)c(C(C)(C)C)cc5C(C)(C)C)cc4)CC3)ccc2C1=O. The summed E-state index contributed by atoms with van der Waals surface area (Å²) in [6, 6.07) is 22.2. The standard InChI is InChI=1S/C69H93N5O17S/c1-65(2,3)53-41-54(66(4,5)6)58(42-55(53)70-61(77)52-43-73(63(79)90-68(10,11)12)56-19-17-16-18-50(56)60(52)76)88-39-37-86-35-33-84-31-30-83-32-34-85-36-38-87-48-22-20-46(21-23-48)47-26-28-72(29-27-47)92(81,82)49-24-25-51-57(40-49)74(64(80)91-69(13,14)15)45-71(62(51)78)44-59(75)89-67(7,8)9/h16-25,40-43,47H,26-39,44-45H2,1-15H3,(H,70,77). The van der Waals surface area contributed by atoms with E-state index in [0.717, 1.165) is 16.7 Å². The molecule has 0 spiro atoms. The first-order valence-electron chi connectivity index (χ1n) is 31.2. The van der Waals surface area contributed by atoms with Gasteiger partial charge in [0.2, 0.25) is 15.5 Å². The van der Waals surface area contributed by atoms with E-state index in [1.54, 1.807) is 92.6 Å².